The number of hydrogen-bond donors (Lipinski definition) is 1. The predicted octanol–water partition coefficient (Wildman–Crippen LogP) is 1.86. The molecule has 3 heterocycles. The molecule has 3 amide bonds. The number of nitrogens with one attached hydrogen (secondary N) is 1. The number of ether oxygens (including phenoxy) is 2. The number of fused-ring (bicyclic) bond motifs is 1. The third-order valence-corrected chi connectivity index (χ3v) is 7.48. The maximum Gasteiger partial charge on any atom is 0.255 e. The van der Waals surface area contributed by atoms with Crippen LogP contribution in [-0.2, 0) is 20.9 Å². The van der Waals surface area contributed by atoms with E-state index in [0.717, 1.165) is 56.5 Å². The van der Waals surface area contributed by atoms with Gasteiger partial charge in [-0.15, -0.1) is 0 Å². The summed E-state index contributed by atoms with van der Waals surface area (Å²) in [6.07, 6.45) is 6.62. The first kappa shape index (κ1) is 21.4. The summed E-state index contributed by atoms with van der Waals surface area (Å²) in [5, 5.41) is 2.35. The summed E-state index contributed by atoms with van der Waals surface area (Å²) in [6.45, 7) is 2.46. The van der Waals surface area contributed by atoms with Gasteiger partial charge in [-0.05, 0) is 62.3 Å². The van der Waals surface area contributed by atoms with Crippen LogP contribution in [0.25, 0.3) is 0 Å². The van der Waals surface area contributed by atoms with Crippen LogP contribution in [0, 0.1) is 0 Å². The molecule has 8 nitrogen and oxygen atoms in total. The number of benzene rings is 1. The van der Waals surface area contributed by atoms with Crippen molar-refractivity contribution in [2.45, 2.75) is 75.8 Å². The van der Waals surface area contributed by atoms with E-state index < -0.39 is 6.04 Å². The first-order valence-electron chi connectivity index (χ1n) is 11.7. The van der Waals surface area contributed by atoms with Crippen molar-refractivity contribution in [1.82, 2.24) is 15.1 Å². The number of amides is 3. The molecule has 3 unspecified atom stereocenters. The fraction of sp³-hybridized carbons (Fsp3) is 0.625. The van der Waals surface area contributed by atoms with Crippen molar-refractivity contribution in [3.63, 3.8) is 0 Å². The van der Waals surface area contributed by atoms with Crippen LogP contribution in [0.1, 0.15) is 60.9 Å². The van der Waals surface area contributed by atoms with Crippen molar-refractivity contribution in [3.8, 4) is 5.75 Å². The van der Waals surface area contributed by atoms with Gasteiger partial charge in [-0.3, -0.25) is 24.6 Å². The van der Waals surface area contributed by atoms with Crippen LogP contribution >= 0.6 is 0 Å². The summed E-state index contributed by atoms with van der Waals surface area (Å²) in [5.41, 5.74) is 1.50. The van der Waals surface area contributed by atoms with Crippen molar-refractivity contribution in [2.24, 2.45) is 0 Å². The third kappa shape index (κ3) is 4.01. The number of methoxy groups -OCH3 is 1. The van der Waals surface area contributed by atoms with Crippen molar-refractivity contribution < 1.29 is 23.9 Å². The van der Waals surface area contributed by atoms with E-state index in [0.29, 0.717) is 30.7 Å². The molecule has 3 aliphatic heterocycles. The van der Waals surface area contributed by atoms with E-state index in [1.165, 1.54) is 0 Å². The molecule has 0 radical (unpaired) electrons. The van der Waals surface area contributed by atoms with Gasteiger partial charge in [0.2, 0.25) is 11.8 Å². The molecular formula is C24H31N3O5. The highest BCUT2D eigenvalue weighted by Crippen LogP contribution is 2.34. The molecular weight excluding hydrogens is 410 g/mol. The molecule has 1 aliphatic carbocycles. The summed E-state index contributed by atoms with van der Waals surface area (Å²) in [5.74, 6) is -0.0280. The lowest BCUT2D eigenvalue weighted by molar-refractivity contribution is -0.136. The second-order valence-corrected chi connectivity index (χ2v) is 9.34. The van der Waals surface area contributed by atoms with Crippen molar-refractivity contribution in [2.75, 3.05) is 20.2 Å². The fourth-order valence-electron chi connectivity index (χ4n) is 5.70. The zero-order valence-electron chi connectivity index (χ0n) is 18.5. The Kier molecular flexibility index (Phi) is 5.90. The maximum atomic E-state index is 12.9. The molecule has 1 saturated carbocycles. The average molecular weight is 442 g/mol. The van der Waals surface area contributed by atoms with Gasteiger partial charge in [0.25, 0.3) is 5.91 Å². The van der Waals surface area contributed by atoms with Gasteiger partial charge in [0, 0.05) is 44.8 Å². The van der Waals surface area contributed by atoms with Crippen LogP contribution in [-0.4, -0.2) is 72.0 Å². The van der Waals surface area contributed by atoms with E-state index in [2.05, 4.69) is 10.2 Å². The van der Waals surface area contributed by atoms with Crippen LogP contribution in [0.3, 0.4) is 0 Å². The minimum atomic E-state index is -0.591. The molecule has 3 fully saturated rings. The van der Waals surface area contributed by atoms with Gasteiger partial charge in [-0.25, -0.2) is 0 Å². The Morgan fingerprint density at radius 1 is 1.03 bits per heavy atom. The van der Waals surface area contributed by atoms with Gasteiger partial charge in [0.15, 0.2) is 0 Å². The first-order valence-corrected chi connectivity index (χ1v) is 11.7. The minimum Gasteiger partial charge on any atom is -0.489 e. The molecule has 172 valence electrons. The van der Waals surface area contributed by atoms with Gasteiger partial charge in [0.05, 0.1) is 6.10 Å². The molecule has 1 N–H and O–H groups in total. The molecule has 1 aromatic carbocycles. The predicted molar refractivity (Wildman–Crippen MR) is 116 cm³/mol. The summed E-state index contributed by atoms with van der Waals surface area (Å²) in [4.78, 5) is 40.7. The molecule has 1 aromatic rings. The maximum absolute atomic E-state index is 12.9. The summed E-state index contributed by atoms with van der Waals surface area (Å²) < 4.78 is 12.0. The normalized spacial score (nSPS) is 29.3. The Bertz CT molecular complexity index is 911. The highest BCUT2D eigenvalue weighted by molar-refractivity contribution is 6.05. The average Bonchev–Trinajstić information content (AvgIpc) is 3.38. The largest absolute Gasteiger partial charge is 0.489 e. The zero-order chi connectivity index (χ0) is 22.2. The van der Waals surface area contributed by atoms with E-state index in [-0.39, 0.29) is 30.2 Å². The topological polar surface area (TPSA) is 88.2 Å². The standard InChI is InChI=1S/C24H31N3O5/c1-31-16-9-11-26(12-10-16)19-3-2-4-21(19)32-17-5-6-18-15(13-17)14-27(24(18)30)20-7-8-22(28)25-23(20)29/h5-6,13,16,19-21H,2-4,7-12,14H2,1H3,(H,25,28,29). The van der Waals surface area contributed by atoms with E-state index in [9.17, 15) is 14.4 Å². The van der Waals surface area contributed by atoms with Gasteiger partial charge in [-0.1, -0.05) is 0 Å². The fourth-order valence-corrected chi connectivity index (χ4v) is 5.70. The van der Waals surface area contributed by atoms with Gasteiger partial charge < -0.3 is 14.4 Å². The van der Waals surface area contributed by atoms with Gasteiger partial charge >= 0.3 is 0 Å². The molecule has 0 bridgehead atoms. The smallest absolute Gasteiger partial charge is 0.255 e. The number of nitrogens with zero attached hydrogens (tertiary/aromatic N) is 2. The molecule has 3 atom stereocenters. The Labute approximate surface area is 188 Å². The Morgan fingerprint density at radius 3 is 2.59 bits per heavy atom. The number of carbonyl (C=O) groups excluding carboxylic acids is 3. The highest BCUT2D eigenvalue weighted by Gasteiger charge is 2.40. The Hall–Kier alpha value is -2.45. The second kappa shape index (κ2) is 8.83. The zero-order valence-corrected chi connectivity index (χ0v) is 18.5. The van der Waals surface area contributed by atoms with Crippen LogP contribution < -0.4 is 10.1 Å². The van der Waals surface area contributed by atoms with E-state index in [1.807, 2.05) is 18.2 Å². The monoisotopic (exact) mass is 441 g/mol. The number of piperidine rings is 2. The van der Waals surface area contributed by atoms with Crippen LogP contribution in [0.5, 0.6) is 5.75 Å². The molecule has 5 rings (SSSR count). The first-order chi connectivity index (χ1) is 15.5. The summed E-state index contributed by atoms with van der Waals surface area (Å²) in [6, 6.07) is 5.46. The third-order valence-electron chi connectivity index (χ3n) is 7.48. The summed E-state index contributed by atoms with van der Waals surface area (Å²) >= 11 is 0. The van der Waals surface area contributed by atoms with Crippen molar-refractivity contribution in [1.29, 1.82) is 0 Å². The molecule has 32 heavy (non-hydrogen) atoms. The summed E-state index contributed by atoms with van der Waals surface area (Å²) in [7, 11) is 1.79. The van der Waals surface area contributed by atoms with E-state index >= 15 is 0 Å². The highest BCUT2D eigenvalue weighted by atomic mass is 16.5. The Morgan fingerprint density at radius 2 is 1.84 bits per heavy atom. The number of rotatable bonds is 5. The Balaban J connectivity index is 1.25. The van der Waals surface area contributed by atoms with Crippen LogP contribution in [0.2, 0.25) is 0 Å². The second-order valence-electron chi connectivity index (χ2n) is 9.34. The number of hydrogen-bond acceptors (Lipinski definition) is 6. The number of likely N-dealkylation sites (tertiary alicyclic amines) is 1. The van der Waals surface area contributed by atoms with E-state index in [4.69, 9.17) is 9.47 Å². The lowest BCUT2D eigenvalue weighted by atomic mass is 10.0. The number of carbonyl (C=O) groups is 3. The van der Waals surface area contributed by atoms with Gasteiger partial charge in [-0.2, -0.15) is 0 Å². The molecule has 4 aliphatic rings. The van der Waals surface area contributed by atoms with Crippen LogP contribution in [0.4, 0.5) is 0 Å². The van der Waals surface area contributed by atoms with Crippen molar-refractivity contribution in [3.05, 3.63) is 29.3 Å². The van der Waals surface area contributed by atoms with Crippen molar-refractivity contribution >= 4 is 17.7 Å². The lowest BCUT2D eigenvalue weighted by Crippen LogP contribution is -2.52. The quantitative estimate of drug-likeness (QED) is 0.702. The minimum absolute atomic E-state index is 0.149. The molecule has 2 saturated heterocycles. The molecule has 0 spiro atoms. The lowest BCUT2D eigenvalue weighted by Gasteiger charge is -2.38. The van der Waals surface area contributed by atoms with Crippen LogP contribution in [0.15, 0.2) is 18.2 Å². The SMILES string of the molecule is COC1CCN(C2CCCC2Oc2ccc3c(c2)CN(C2CCC(=O)NC2=O)C3=O)CC1. The molecule has 8 heteroatoms. The molecule has 0 aromatic heterocycles. The number of imide groups is 1. The van der Waals surface area contributed by atoms with E-state index in [1.54, 1.807) is 12.0 Å². The van der Waals surface area contributed by atoms with Gasteiger partial charge in [0.1, 0.15) is 17.9 Å².